The highest BCUT2D eigenvalue weighted by molar-refractivity contribution is 6.04. The van der Waals surface area contributed by atoms with Crippen LogP contribution in [0.15, 0.2) is 36.1 Å². The maximum Gasteiger partial charge on any atom is 0.448 e. The van der Waals surface area contributed by atoms with Crippen LogP contribution in [0, 0.1) is 0 Å². The molecule has 0 aliphatic heterocycles. The molecule has 1 aromatic carbocycles. The number of benzene rings is 1. The van der Waals surface area contributed by atoms with Crippen molar-refractivity contribution in [1.82, 2.24) is 0 Å². The molecule has 0 spiro atoms. The van der Waals surface area contributed by atoms with Gasteiger partial charge in [-0.25, -0.2) is 0 Å². The molecule has 0 saturated carbocycles. The normalized spacial score (nSPS) is 13.5. The summed E-state index contributed by atoms with van der Waals surface area (Å²) in [6, 6.07) is 2.58. The molecular weight excluding hydrogens is 278 g/mol. The molecule has 1 aromatic rings. The Morgan fingerprint density at radius 2 is 1.47 bits per heavy atom. The average molecular weight is 284 g/mol. The van der Waals surface area contributed by atoms with Crippen molar-refractivity contribution in [3.05, 3.63) is 47.2 Å². The van der Waals surface area contributed by atoms with E-state index in [2.05, 4.69) is 0 Å². The van der Waals surface area contributed by atoms with Crippen LogP contribution in [-0.4, -0.2) is 17.1 Å². The lowest BCUT2D eigenvalue weighted by atomic mass is 10.1. The van der Waals surface area contributed by atoms with Gasteiger partial charge in [0.1, 0.15) is 0 Å². The molecule has 0 radical (unpaired) electrons. The predicted octanol–water partition coefficient (Wildman–Crippen LogP) is 3.89. The van der Waals surface area contributed by atoms with Crippen molar-refractivity contribution in [3.8, 4) is 0 Å². The van der Waals surface area contributed by atoms with E-state index in [4.69, 9.17) is 5.11 Å². The second-order valence-electron chi connectivity index (χ2n) is 3.47. The molecule has 0 unspecified atom stereocenters. The molecule has 2 nitrogen and oxygen atoms in total. The van der Waals surface area contributed by atoms with Gasteiger partial charge in [-0.3, -0.25) is 4.79 Å². The van der Waals surface area contributed by atoms with Crippen molar-refractivity contribution >= 4 is 5.78 Å². The molecule has 19 heavy (non-hydrogen) atoms. The Kier molecular flexibility index (Phi) is 3.92. The number of halogens is 6. The SMILES string of the molecule is O=C(C=C(O)C(F)(F)F)c1ccc(C(F)(F)F)cc1. The van der Waals surface area contributed by atoms with Crippen LogP contribution in [0.1, 0.15) is 15.9 Å². The van der Waals surface area contributed by atoms with Crippen LogP contribution in [-0.2, 0) is 6.18 Å². The zero-order chi connectivity index (χ0) is 14.8. The number of allylic oxidation sites excluding steroid dienone is 2. The highest BCUT2D eigenvalue weighted by Gasteiger charge is 2.34. The molecule has 104 valence electrons. The predicted molar refractivity (Wildman–Crippen MR) is 52.5 cm³/mol. The summed E-state index contributed by atoms with van der Waals surface area (Å²) < 4.78 is 72.4. The van der Waals surface area contributed by atoms with E-state index in [1.165, 1.54) is 0 Å². The minimum atomic E-state index is -5.08. The maximum atomic E-state index is 12.2. The lowest BCUT2D eigenvalue weighted by molar-refractivity contribution is -0.137. The smallest absolute Gasteiger partial charge is 0.448 e. The summed E-state index contributed by atoms with van der Waals surface area (Å²) in [7, 11) is 0. The van der Waals surface area contributed by atoms with Crippen molar-refractivity contribution in [2.24, 2.45) is 0 Å². The van der Waals surface area contributed by atoms with Crippen LogP contribution < -0.4 is 0 Å². The second kappa shape index (κ2) is 4.94. The van der Waals surface area contributed by atoms with Gasteiger partial charge in [-0.05, 0) is 12.1 Å². The maximum absolute atomic E-state index is 12.2. The van der Waals surface area contributed by atoms with Gasteiger partial charge < -0.3 is 5.11 Å². The second-order valence-corrected chi connectivity index (χ2v) is 3.47. The van der Waals surface area contributed by atoms with Crippen molar-refractivity contribution in [3.63, 3.8) is 0 Å². The fourth-order valence-corrected chi connectivity index (χ4v) is 1.11. The Labute approximate surface area is 103 Å². The number of alkyl halides is 6. The zero-order valence-electron chi connectivity index (χ0n) is 9.01. The van der Waals surface area contributed by atoms with Gasteiger partial charge in [-0.2, -0.15) is 26.3 Å². The van der Waals surface area contributed by atoms with Gasteiger partial charge in [0.05, 0.1) is 5.56 Å². The Morgan fingerprint density at radius 3 is 1.84 bits per heavy atom. The number of aliphatic hydroxyl groups is 1. The molecule has 1 rings (SSSR count). The van der Waals surface area contributed by atoms with Crippen LogP contribution in [0.25, 0.3) is 0 Å². The van der Waals surface area contributed by atoms with Crippen molar-refractivity contribution in [1.29, 1.82) is 0 Å². The van der Waals surface area contributed by atoms with Crippen LogP contribution in [0.5, 0.6) is 0 Å². The summed E-state index contributed by atoms with van der Waals surface area (Å²) in [4.78, 5) is 11.2. The molecule has 0 fully saturated rings. The monoisotopic (exact) mass is 284 g/mol. The topological polar surface area (TPSA) is 37.3 Å². The van der Waals surface area contributed by atoms with E-state index >= 15 is 0 Å². The van der Waals surface area contributed by atoms with Gasteiger partial charge in [0.25, 0.3) is 0 Å². The molecule has 0 amide bonds. The molecule has 0 saturated heterocycles. The summed E-state index contributed by atoms with van der Waals surface area (Å²) >= 11 is 0. The Hall–Kier alpha value is -1.99. The van der Waals surface area contributed by atoms with Gasteiger partial charge in [-0.1, -0.05) is 12.1 Å². The number of hydrogen-bond donors (Lipinski definition) is 1. The summed E-state index contributed by atoms with van der Waals surface area (Å²) in [6.45, 7) is 0. The lowest BCUT2D eigenvalue weighted by Crippen LogP contribution is -2.13. The number of aliphatic hydroxyl groups excluding tert-OH is 1. The van der Waals surface area contributed by atoms with Gasteiger partial charge in [0.15, 0.2) is 5.78 Å². The highest BCUT2D eigenvalue weighted by Crippen LogP contribution is 2.29. The van der Waals surface area contributed by atoms with Crippen molar-refractivity contribution in [2.75, 3.05) is 0 Å². The van der Waals surface area contributed by atoms with Gasteiger partial charge in [-0.15, -0.1) is 0 Å². The summed E-state index contributed by atoms with van der Waals surface area (Å²) in [5.74, 6) is -3.36. The summed E-state index contributed by atoms with van der Waals surface area (Å²) in [6.07, 6.45) is -9.78. The average Bonchev–Trinajstić information content (AvgIpc) is 2.26. The highest BCUT2D eigenvalue weighted by atomic mass is 19.4. The fraction of sp³-hybridized carbons (Fsp3) is 0.182. The Morgan fingerprint density at radius 1 is 1.00 bits per heavy atom. The molecule has 0 bridgehead atoms. The largest absolute Gasteiger partial charge is 0.504 e. The minimum absolute atomic E-state index is 0.0946. The van der Waals surface area contributed by atoms with E-state index in [0.717, 1.165) is 12.1 Å². The number of ketones is 1. The molecule has 0 aliphatic rings. The van der Waals surface area contributed by atoms with E-state index < -0.39 is 35.0 Å². The molecule has 8 heteroatoms. The number of carbonyl (C=O) groups is 1. The molecular formula is C11H6F6O2. The molecule has 0 atom stereocenters. The van der Waals surface area contributed by atoms with Crippen LogP contribution in [0.3, 0.4) is 0 Å². The number of hydrogen-bond acceptors (Lipinski definition) is 2. The van der Waals surface area contributed by atoms with Gasteiger partial charge in [0, 0.05) is 11.6 Å². The van der Waals surface area contributed by atoms with Crippen LogP contribution in [0.4, 0.5) is 26.3 Å². The fourth-order valence-electron chi connectivity index (χ4n) is 1.11. The van der Waals surface area contributed by atoms with E-state index in [1.54, 1.807) is 0 Å². The minimum Gasteiger partial charge on any atom is -0.504 e. The molecule has 0 aromatic heterocycles. The van der Waals surface area contributed by atoms with Gasteiger partial charge >= 0.3 is 12.4 Å². The van der Waals surface area contributed by atoms with E-state index in [-0.39, 0.29) is 6.08 Å². The van der Waals surface area contributed by atoms with Crippen LogP contribution >= 0.6 is 0 Å². The quantitative estimate of drug-likeness (QED) is 0.387. The molecule has 0 aliphatic carbocycles. The zero-order valence-corrected chi connectivity index (χ0v) is 9.01. The van der Waals surface area contributed by atoms with E-state index in [0.29, 0.717) is 12.1 Å². The lowest BCUT2D eigenvalue weighted by Gasteiger charge is -2.07. The first-order valence-electron chi connectivity index (χ1n) is 4.71. The van der Waals surface area contributed by atoms with Gasteiger partial charge in [0.2, 0.25) is 5.76 Å². The third-order valence-corrected chi connectivity index (χ3v) is 2.05. The molecule has 0 heterocycles. The first-order chi connectivity index (χ1) is 8.51. The summed E-state index contributed by atoms with van der Waals surface area (Å²) in [5, 5.41) is 8.54. The van der Waals surface area contributed by atoms with Crippen molar-refractivity contribution < 1.29 is 36.2 Å². The number of rotatable bonds is 2. The third kappa shape index (κ3) is 4.01. The summed E-state index contributed by atoms with van der Waals surface area (Å²) in [5.41, 5.74) is -1.43. The third-order valence-electron chi connectivity index (χ3n) is 2.05. The number of carbonyl (C=O) groups excluding carboxylic acids is 1. The first-order valence-corrected chi connectivity index (χ1v) is 4.71. The van der Waals surface area contributed by atoms with E-state index in [9.17, 15) is 31.1 Å². The Bertz CT molecular complexity index is 495. The standard InChI is InChI=1S/C11H6F6O2/c12-10(13,14)7-3-1-6(2-4-7)8(18)5-9(19)11(15,16)17/h1-5,19H. The van der Waals surface area contributed by atoms with Crippen molar-refractivity contribution in [2.45, 2.75) is 12.4 Å². The molecule has 1 N–H and O–H groups in total. The Balaban J connectivity index is 2.97. The van der Waals surface area contributed by atoms with Crippen LogP contribution in [0.2, 0.25) is 0 Å². The first kappa shape index (κ1) is 15.1. The van der Waals surface area contributed by atoms with E-state index in [1.807, 2.05) is 0 Å².